The van der Waals surface area contributed by atoms with E-state index in [2.05, 4.69) is 43.5 Å². The second-order valence-electron chi connectivity index (χ2n) is 22.4. The SMILES string of the molecule is CCCCCCCC/C=C\CCCCCCCCCCCC(=O)OCCCCCCCCCCCCC/C=C\CCCCCCCCCC(=O)NC(CO)C(O)CCCCCCCCCCCCCCCC. The van der Waals surface area contributed by atoms with Crippen LogP contribution in [0.1, 0.15) is 361 Å². The van der Waals surface area contributed by atoms with Gasteiger partial charge in [-0.25, -0.2) is 0 Å². The number of ether oxygens (including phenoxy) is 1. The van der Waals surface area contributed by atoms with Crippen molar-refractivity contribution in [3.8, 4) is 0 Å². The summed E-state index contributed by atoms with van der Waals surface area (Å²) in [6, 6.07) is -0.546. The Bertz CT molecular complexity index is 1120. The van der Waals surface area contributed by atoms with Crippen molar-refractivity contribution in [1.82, 2.24) is 5.32 Å². The number of aliphatic hydroxyl groups is 2. The van der Waals surface area contributed by atoms with Gasteiger partial charge < -0.3 is 20.3 Å². The highest BCUT2D eigenvalue weighted by molar-refractivity contribution is 5.76. The Morgan fingerprint density at radius 2 is 0.653 bits per heavy atom. The fraction of sp³-hybridized carbons (Fsp3) is 0.909. The molecule has 3 N–H and O–H groups in total. The molecule has 0 heterocycles. The van der Waals surface area contributed by atoms with Crippen LogP contribution in [0.25, 0.3) is 0 Å². The lowest BCUT2D eigenvalue weighted by Crippen LogP contribution is -2.45. The molecule has 0 spiro atoms. The number of unbranched alkanes of at least 4 members (excludes halogenated alkanes) is 46. The first-order chi connectivity index (χ1) is 35.5. The molecule has 0 rings (SSSR count). The zero-order chi connectivity index (χ0) is 52.2. The highest BCUT2D eigenvalue weighted by atomic mass is 16.5. The van der Waals surface area contributed by atoms with Crippen LogP contribution in [0.15, 0.2) is 24.3 Å². The molecule has 0 aromatic carbocycles. The lowest BCUT2D eigenvalue weighted by molar-refractivity contribution is -0.143. The molecule has 72 heavy (non-hydrogen) atoms. The summed E-state index contributed by atoms with van der Waals surface area (Å²) in [4.78, 5) is 24.6. The van der Waals surface area contributed by atoms with Crippen LogP contribution in [0.5, 0.6) is 0 Å². The van der Waals surface area contributed by atoms with Gasteiger partial charge in [0, 0.05) is 12.8 Å². The number of carbonyl (C=O) groups excluding carboxylic acids is 2. The number of amides is 1. The lowest BCUT2D eigenvalue weighted by atomic mass is 10.0. The molecule has 0 saturated carbocycles. The lowest BCUT2D eigenvalue weighted by Gasteiger charge is -2.22. The quantitative estimate of drug-likeness (QED) is 0.0320. The summed E-state index contributed by atoms with van der Waals surface area (Å²) in [6.45, 7) is 4.96. The number of carbonyl (C=O) groups is 2. The summed E-state index contributed by atoms with van der Waals surface area (Å²) in [6.07, 6.45) is 76.3. The van der Waals surface area contributed by atoms with Gasteiger partial charge in [0.05, 0.1) is 25.4 Å². The van der Waals surface area contributed by atoms with Crippen LogP contribution < -0.4 is 5.32 Å². The third-order valence-electron chi connectivity index (χ3n) is 15.2. The van der Waals surface area contributed by atoms with Crippen molar-refractivity contribution in [3.63, 3.8) is 0 Å². The average molecular weight is 1010 g/mol. The number of aliphatic hydroxyl groups excluding tert-OH is 2. The molecular formula is C66H127NO5. The van der Waals surface area contributed by atoms with Gasteiger partial charge in [0.15, 0.2) is 0 Å². The number of hydrogen-bond donors (Lipinski definition) is 3. The van der Waals surface area contributed by atoms with E-state index in [0.717, 1.165) is 44.9 Å². The summed E-state index contributed by atoms with van der Waals surface area (Å²) in [7, 11) is 0. The molecule has 2 atom stereocenters. The first kappa shape index (κ1) is 70.3. The Labute approximate surface area is 450 Å². The summed E-state index contributed by atoms with van der Waals surface area (Å²) < 4.78 is 5.50. The van der Waals surface area contributed by atoms with Crippen LogP contribution in [0.2, 0.25) is 0 Å². The third-order valence-corrected chi connectivity index (χ3v) is 15.2. The van der Waals surface area contributed by atoms with Crippen molar-refractivity contribution >= 4 is 11.9 Å². The second kappa shape index (κ2) is 61.9. The molecule has 1 amide bonds. The van der Waals surface area contributed by atoms with E-state index >= 15 is 0 Å². The molecule has 6 heteroatoms. The van der Waals surface area contributed by atoms with Crippen LogP contribution in [0.3, 0.4) is 0 Å². The first-order valence-corrected chi connectivity index (χ1v) is 32.6. The van der Waals surface area contributed by atoms with Gasteiger partial charge in [0.2, 0.25) is 5.91 Å². The zero-order valence-electron chi connectivity index (χ0n) is 48.7. The van der Waals surface area contributed by atoms with E-state index in [1.807, 2.05) is 0 Å². The minimum absolute atomic E-state index is 0.0101. The van der Waals surface area contributed by atoms with E-state index in [1.54, 1.807) is 0 Å². The summed E-state index contributed by atoms with van der Waals surface area (Å²) in [5.41, 5.74) is 0. The van der Waals surface area contributed by atoms with Gasteiger partial charge in [0.25, 0.3) is 0 Å². The van der Waals surface area contributed by atoms with Gasteiger partial charge in [-0.2, -0.15) is 0 Å². The smallest absolute Gasteiger partial charge is 0.305 e. The molecule has 0 radical (unpaired) electrons. The standard InChI is InChI=1S/C66H127NO5/c1-3-5-7-9-11-13-15-17-19-20-25-29-32-36-40-44-48-52-56-60-66(71)72-61-57-53-49-45-41-37-33-30-27-24-22-21-23-26-28-31-35-39-43-47-51-55-59-65(70)67-63(62-68)64(69)58-54-50-46-42-38-34-18-16-14-12-10-8-6-4-2/h17,19,23,26,63-64,68-69H,3-16,18,20-22,24-25,27-62H2,1-2H3,(H,67,70)/b19-17-,26-23-. The minimum Gasteiger partial charge on any atom is -0.466 e. The van der Waals surface area contributed by atoms with E-state index in [9.17, 15) is 19.8 Å². The van der Waals surface area contributed by atoms with Crippen LogP contribution in [-0.4, -0.2) is 47.4 Å². The summed E-state index contributed by atoms with van der Waals surface area (Å²) >= 11 is 0. The van der Waals surface area contributed by atoms with Gasteiger partial charge in [-0.3, -0.25) is 9.59 Å². The average Bonchev–Trinajstić information content (AvgIpc) is 3.38. The Morgan fingerprint density at radius 1 is 0.375 bits per heavy atom. The number of rotatable bonds is 61. The van der Waals surface area contributed by atoms with Gasteiger partial charge >= 0.3 is 5.97 Å². The third kappa shape index (κ3) is 57.6. The Kier molecular flexibility index (Phi) is 60.5. The Hall–Kier alpha value is -1.66. The van der Waals surface area contributed by atoms with E-state index in [1.165, 1.54) is 283 Å². The molecule has 0 aromatic heterocycles. The summed E-state index contributed by atoms with van der Waals surface area (Å²) in [5.74, 6) is -0.0302. The van der Waals surface area contributed by atoms with Crippen LogP contribution >= 0.6 is 0 Å². The maximum absolute atomic E-state index is 12.5. The van der Waals surface area contributed by atoms with E-state index in [4.69, 9.17) is 4.74 Å². The molecule has 0 aliphatic rings. The molecule has 2 unspecified atom stereocenters. The van der Waals surface area contributed by atoms with Crippen LogP contribution in [-0.2, 0) is 14.3 Å². The van der Waals surface area contributed by atoms with Crippen molar-refractivity contribution in [2.24, 2.45) is 0 Å². The zero-order valence-corrected chi connectivity index (χ0v) is 48.7. The summed E-state index contributed by atoms with van der Waals surface area (Å²) in [5, 5.41) is 23.3. The minimum atomic E-state index is -0.668. The number of hydrogen-bond acceptors (Lipinski definition) is 5. The molecule has 0 fully saturated rings. The van der Waals surface area contributed by atoms with Crippen molar-refractivity contribution in [2.75, 3.05) is 13.2 Å². The van der Waals surface area contributed by atoms with Gasteiger partial charge in [-0.1, -0.05) is 295 Å². The number of allylic oxidation sites excluding steroid dienone is 4. The molecule has 0 aliphatic heterocycles. The first-order valence-electron chi connectivity index (χ1n) is 32.6. The second-order valence-corrected chi connectivity index (χ2v) is 22.4. The highest BCUT2D eigenvalue weighted by Gasteiger charge is 2.20. The van der Waals surface area contributed by atoms with Gasteiger partial charge in [-0.15, -0.1) is 0 Å². The number of esters is 1. The van der Waals surface area contributed by atoms with E-state index in [0.29, 0.717) is 25.9 Å². The Morgan fingerprint density at radius 3 is 0.986 bits per heavy atom. The van der Waals surface area contributed by atoms with Crippen molar-refractivity contribution in [2.45, 2.75) is 373 Å². The fourth-order valence-corrected chi connectivity index (χ4v) is 10.2. The molecule has 0 saturated heterocycles. The van der Waals surface area contributed by atoms with Crippen molar-refractivity contribution in [3.05, 3.63) is 24.3 Å². The predicted octanol–water partition coefficient (Wildman–Crippen LogP) is 20.6. The molecule has 0 bridgehead atoms. The van der Waals surface area contributed by atoms with Crippen LogP contribution in [0, 0.1) is 0 Å². The predicted molar refractivity (Wildman–Crippen MR) is 315 cm³/mol. The van der Waals surface area contributed by atoms with E-state index < -0.39 is 12.1 Å². The molecule has 0 aromatic rings. The number of nitrogens with one attached hydrogen (secondary N) is 1. The van der Waals surface area contributed by atoms with Crippen molar-refractivity contribution in [1.29, 1.82) is 0 Å². The van der Waals surface area contributed by atoms with E-state index in [-0.39, 0.29) is 18.5 Å². The monoisotopic (exact) mass is 1010 g/mol. The highest BCUT2D eigenvalue weighted by Crippen LogP contribution is 2.18. The molecular weight excluding hydrogens is 887 g/mol. The van der Waals surface area contributed by atoms with Gasteiger partial charge in [-0.05, 0) is 77.0 Å². The van der Waals surface area contributed by atoms with Crippen LogP contribution in [0.4, 0.5) is 0 Å². The van der Waals surface area contributed by atoms with Crippen molar-refractivity contribution < 1.29 is 24.5 Å². The molecule has 426 valence electrons. The van der Waals surface area contributed by atoms with Gasteiger partial charge in [0.1, 0.15) is 0 Å². The molecule has 6 nitrogen and oxygen atoms in total. The maximum Gasteiger partial charge on any atom is 0.305 e. The maximum atomic E-state index is 12.5. The largest absolute Gasteiger partial charge is 0.466 e. The molecule has 0 aliphatic carbocycles. The Balaban J connectivity index is 3.39. The normalized spacial score (nSPS) is 12.7. The topological polar surface area (TPSA) is 95.9 Å². The fourth-order valence-electron chi connectivity index (χ4n) is 10.2.